The molecule has 2 amide bonds. The Balaban J connectivity index is 1.50. The van der Waals surface area contributed by atoms with E-state index >= 15 is 0 Å². The minimum atomic E-state index is -0.445. The van der Waals surface area contributed by atoms with Crippen molar-refractivity contribution >= 4 is 23.2 Å². The molecule has 34 heavy (non-hydrogen) atoms. The number of methoxy groups -OCH3 is 1. The number of hydrogen-bond acceptors (Lipinski definition) is 5. The SMILES string of the molecule is COCCN1C(=O)c2ccccc2[C@H](C(=O)NCCCN2C[C@H](C)C[C@H](C)C2)[C@@H]1c1cccs1. The number of ether oxygens (including phenoxy) is 1. The predicted molar refractivity (Wildman–Crippen MR) is 136 cm³/mol. The van der Waals surface area contributed by atoms with Crippen molar-refractivity contribution in [2.24, 2.45) is 11.8 Å². The molecule has 0 bridgehead atoms. The largest absolute Gasteiger partial charge is 0.383 e. The van der Waals surface area contributed by atoms with Gasteiger partial charge in [-0.2, -0.15) is 0 Å². The van der Waals surface area contributed by atoms with Gasteiger partial charge < -0.3 is 19.9 Å². The van der Waals surface area contributed by atoms with E-state index in [-0.39, 0.29) is 17.9 Å². The molecule has 4 rings (SSSR count). The third-order valence-corrected chi connectivity index (χ3v) is 7.93. The number of hydrogen-bond donors (Lipinski definition) is 1. The highest BCUT2D eigenvalue weighted by Crippen LogP contribution is 2.44. The van der Waals surface area contributed by atoms with Crippen LogP contribution in [0.4, 0.5) is 0 Å². The second kappa shape index (κ2) is 11.5. The molecular formula is C27H37N3O3S. The molecule has 2 aliphatic rings. The van der Waals surface area contributed by atoms with Gasteiger partial charge in [-0.15, -0.1) is 11.3 Å². The summed E-state index contributed by atoms with van der Waals surface area (Å²) in [5.74, 6) is 0.975. The molecule has 1 N–H and O–H groups in total. The van der Waals surface area contributed by atoms with E-state index in [4.69, 9.17) is 4.74 Å². The number of benzene rings is 1. The first-order valence-electron chi connectivity index (χ1n) is 12.4. The summed E-state index contributed by atoms with van der Waals surface area (Å²) in [4.78, 5) is 32.5. The van der Waals surface area contributed by atoms with Crippen molar-refractivity contribution in [3.63, 3.8) is 0 Å². The van der Waals surface area contributed by atoms with Crippen LogP contribution in [0.15, 0.2) is 41.8 Å². The van der Waals surface area contributed by atoms with Crippen molar-refractivity contribution in [3.05, 3.63) is 57.8 Å². The van der Waals surface area contributed by atoms with Gasteiger partial charge in [0.25, 0.3) is 5.91 Å². The highest BCUT2D eigenvalue weighted by atomic mass is 32.1. The van der Waals surface area contributed by atoms with Gasteiger partial charge in [0.05, 0.1) is 18.6 Å². The maximum absolute atomic E-state index is 13.7. The van der Waals surface area contributed by atoms with E-state index in [1.54, 1.807) is 18.4 Å². The third kappa shape index (κ3) is 5.53. The highest BCUT2D eigenvalue weighted by molar-refractivity contribution is 7.10. The van der Waals surface area contributed by atoms with Crippen molar-refractivity contribution in [2.75, 3.05) is 46.4 Å². The molecule has 0 radical (unpaired) electrons. The van der Waals surface area contributed by atoms with Gasteiger partial charge >= 0.3 is 0 Å². The van der Waals surface area contributed by atoms with Gasteiger partial charge in [-0.1, -0.05) is 38.1 Å². The molecule has 0 saturated carbocycles. The van der Waals surface area contributed by atoms with E-state index in [0.29, 0.717) is 25.3 Å². The van der Waals surface area contributed by atoms with Crippen LogP contribution in [0.5, 0.6) is 0 Å². The van der Waals surface area contributed by atoms with Crippen LogP contribution in [0.25, 0.3) is 0 Å². The average molecular weight is 484 g/mol. The minimum absolute atomic E-state index is 0.0128. The number of nitrogens with one attached hydrogen (secondary N) is 1. The fourth-order valence-electron chi connectivity index (χ4n) is 5.69. The Morgan fingerprint density at radius 2 is 1.88 bits per heavy atom. The lowest BCUT2D eigenvalue weighted by molar-refractivity contribution is -0.124. The highest BCUT2D eigenvalue weighted by Gasteiger charge is 2.44. The summed E-state index contributed by atoms with van der Waals surface area (Å²) in [6.45, 7) is 9.45. The number of fused-ring (bicyclic) bond motifs is 1. The molecule has 0 spiro atoms. The third-order valence-electron chi connectivity index (χ3n) is 6.99. The van der Waals surface area contributed by atoms with Crippen molar-refractivity contribution in [1.29, 1.82) is 0 Å². The Labute approximate surface area is 207 Å². The van der Waals surface area contributed by atoms with E-state index in [1.165, 1.54) is 6.42 Å². The summed E-state index contributed by atoms with van der Waals surface area (Å²) in [6, 6.07) is 11.2. The van der Waals surface area contributed by atoms with E-state index in [0.717, 1.165) is 48.3 Å². The minimum Gasteiger partial charge on any atom is -0.383 e. The lowest BCUT2D eigenvalue weighted by atomic mass is 9.81. The Hall–Kier alpha value is -2.22. The normalized spacial score (nSPS) is 25.3. The second-order valence-electron chi connectivity index (χ2n) is 9.87. The van der Waals surface area contributed by atoms with Crippen LogP contribution >= 0.6 is 11.3 Å². The van der Waals surface area contributed by atoms with E-state index in [9.17, 15) is 9.59 Å². The van der Waals surface area contributed by atoms with Crippen molar-refractivity contribution in [3.8, 4) is 0 Å². The van der Waals surface area contributed by atoms with Crippen molar-refractivity contribution in [2.45, 2.75) is 38.6 Å². The van der Waals surface area contributed by atoms with Gasteiger partial charge in [0.2, 0.25) is 5.91 Å². The summed E-state index contributed by atoms with van der Waals surface area (Å²) in [6.07, 6.45) is 2.23. The van der Waals surface area contributed by atoms with Gasteiger partial charge in [0.1, 0.15) is 0 Å². The Bertz CT molecular complexity index is 954. The maximum Gasteiger partial charge on any atom is 0.254 e. The van der Waals surface area contributed by atoms with Gasteiger partial charge in [-0.05, 0) is 54.3 Å². The van der Waals surface area contributed by atoms with Crippen LogP contribution in [0, 0.1) is 11.8 Å². The number of thiophene rings is 1. The molecule has 1 aromatic carbocycles. The standard InChI is InChI=1S/C27H37N3O3S/c1-19-16-20(2)18-29(17-19)12-7-11-28-26(31)24-21-8-4-5-9-22(21)27(32)30(13-14-33-3)25(24)23-10-6-15-34-23/h4-6,8-10,15,19-20,24-25H,7,11-14,16-18H2,1-3H3,(H,28,31)/t19-,20+,24-,25-/m0/s1. The summed E-state index contributed by atoms with van der Waals surface area (Å²) in [5.41, 5.74) is 1.43. The summed E-state index contributed by atoms with van der Waals surface area (Å²) in [7, 11) is 1.64. The van der Waals surface area contributed by atoms with E-state index < -0.39 is 5.92 Å². The first-order valence-corrected chi connectivity index (χ1v) is 13.3. The first-order chi connectivity index (χ1) is 16.5. The zero-order chi connectivity index (χ0) is 24.1. The zero-order valence-corrected chi connectivity index (χ0v) is 21.4. The van der Waals surface area contributed by atoms with Crippen molar-refractivity contribution < 1.29 is 14.3 Å². The zero-order valence-electron chi connectivity index (χ0n) is 20.5. The lowest BCUT2D eigenvalue weighted by Crippen LogP contribution is -2.48. The van der Waals surface area contributed by atoms with Crippen LogP contribution in [-0.4, -0.2) is 68.1 Å². The Morgan fingerprint density at radius 3 is 2.59 bits per heavy atom. The average Bonchev–Trinajstić information content (AvgIpc) is 3.35. The van der Waals surface area contributed by atoms with E-state index in [2.05, 4.69) is 24.1 Å². The molecule has 1 saturated heterocycles. The lowest BCUT2D eigenvalue weighted by Gasteiger charge is -2.41. The molecule has 184 valence electrons. The molecule has 0 aliphatic carbocycles. The van der Waals surface area contributed by atoms with Crippen molar-refractivity contribution in [1.82, 2.24) is 15.1 Å². The fraction of sp³-hybridized carbons (Fsp3) is 0.556. The molecule has 4 atom stereocenters. The van der Waals surface area contributed by atoms with Crippen LogP contribution in [-0.2, 0) is 9.53 Å². The predicted octanol–water partition coefficient (Wildman–Crippen LogP) is 4.16. The van der Waals surface area contributed by atoms with Crippen LogP contribution < -0.4 is 5.32 Å². The topological polar surface area (TPSA) is 61.9 Å². The molecule has 2 aliphatic heterocycles. The molecule has 1 aromatic heterocycles. The number of piperidine rings is 1. The fourth-order valence-corrected chi connectivity index (χ4v) is 6.56. The number of amides is 2. The summed E-state index contributed by atoms with van der Waals surface area (Å²) < 4.78 is 5.30. The first kappa shape index (κ1) is 24.9. The van der Waals surface area contributed by atoms with Crippen LogP contribution in [0.1, 0.15) is 59.4 Å². The smallest absolute Gasteiger partial charge is 0.254 e. The molecular weight excluding hydrogens is 446 g/mol. The van der Waals surface area contributed by atoms with Crippen LogP contribution in [0.2, 0.25) is 0 Å². The second-order valence-corrected chi connectivity index (χ2v) is 10.8. The summed E-state index contributed by atoms with van der Waals surface area (Å²) in [5, 5.41) is 5.21. The number of rotatable bonds is 9. The molecule has 6 nitrogen and oxygen atoms in total. The van der Waals surface area contributed by atoms with Gasteiger partial charge in [0.15, 0.2) is 0 Å². The van der Waals surface area contributed by atoms with Gasteiger partial charge in [0, 0.05) is 43.7 Å². The van der Waals surface area contributed by atoms with Gasteiger partial charge in [-0.25, -0.2) is 0 Å². The number of carbonyl (C=O) groups is 2. The number of nitrogens with zero attached hydrogens (tertiary/aromatic N) is 2. The van der Waals surface area contributed by atoms with E-state index in [1.807, 2.05) is 46.7 Å². The Kier molecular flexibility index (Phi) is 8.40. The number of carbonyl (C=O) groups excluding carboxylic acids is 2. The Morgan fingerprint density at radius 1 is 1.12 bits per heavy atom. The molecule has 2 aromatic rings. The molecule has 7 heteroatoms. The quantitative estimate of drug-likeness (QED) is 0.544. The molecule has 0 unspecified atom stereocenters. The molecule has 1 fully saturated rings. The van der Waals surface area contributed by atoms with Gasteiger partial charge in [-0.3, -0.25) is 9.59 Å². The monoisotopic (exact) mass is 483 g/mol. The molecule has 3 heterocycles. The van der Waals surface area contributed by atoms with Crippen LogP contribution in [0.3, 0.4) is 0 Å². The maximum atomic E-state index is 13.7. The summed E-state index contributed by atoms with van der Waals surface area (Å²) >= 11 is 1.59. The number of likely N-dealkylation sites (tertiary alicyclic amines) is 1.